The fourth-order valence-electron chi connectivity index (χ4n) is 1.71. The molecule has 2 aromatic rings. The lowest BCUT2D eigenvalue weighted by Gasteiger charge is -2.08. The fourth-order valence-corrected chi connectivity index (χ4v) is 1.71. The molecule has 0 saturated heterocycles. The summed E-state index contributed by atoms with van der Waals surface area (Å²) in [5.74, 6) is 0.761. The van der Waals surface area contributed by atoms with Crippen molar-refractivity contribution in [1.82, 2.24) is 4.98 Å². The fraction of sp³-hybridized carbons (Fsp3) is 0.467. The molecule has 0 saturated carbocycles. The van der Waals surface area contributed by atoms with Gasteiger partial charge >= 0.3 is 0 Å². The third-order valence-electron chi connectivity index (χ3n) is 2.73. The first-order valence-corrected chi connectivity index (χ1v) is 6.77. The summed E-state index contributed by atoms with van der Waals surface area (Å²) >= 11 is 0. The van der Waals surface area contributed by atoms with Crippen LogP contribution < -0.4 is 5.32 Å². The Morgan fingerprint density at radius 3 is 2.75 bits per heavy atom. The molecular formula is C15H20N2O3. The van der Waals surface area contributed by atoms with Crippen LogP contribution in [0.4, 0.5) is 5.69 Å². The number of anilines is 1. The molecule has 2 rings (SSSR count). The standard InChI is InChI=1S/C15H20N2O3/c1-9(2)15-17-12-7-11(5-6-13(12)20-15)16-14(18)8-19-10(3)4/h5-7,9-10H,8H2,1-4H3,(H,16,18). The molecular weight excluding hydrogens is 256 g/mol. The molecule has 0 aliphatic carbocycles. The number of carbonyl (C=O) groups is 1. The van der Waals surface area contributed by atoms with Crippen molar-refractivity contribution in [3.8, 4) is 0 Å². The van der Waals surface area contributed by atoms with Crippen molar-refractivity contribution in [2.24, 2.45) is 0 Å². The van der Waals surface area contributed by atoms with E-state index in [2.05, 4.69) is 10.3 Å². The maximum atomic E-state index is 11.7. The van der Waals surface area contributed by atoms with Crippen LogP contribution in [0.15, 0.2) is 22.6 Å². The molecule has 0 fully saturated rings. The Morgan fingerprint density at radius 1 is 1.35 bits per heavy atom. The Balaban J connectivity index is 2.09. The molecule has 0 aliphatic heterocycles. The zero-order valence-corrected chi connectivity index (χ0v) is 12.3. The lowest BCUT2D eigenvalue weighted by Crippen LogP contribution is -2.20. The minimum Gasteiger partial charge on any atom is -0.440 e. The highest BCUT2D eigenvalue weighted by Gasteiger charge is 2.10. The summed E-state index contributed by atoms with van der Waals surface area (Å²) in [7, 11) is 0. The highest BCUT2D eigenvalue weighted by atomic mass is 16.5. The number of amides is 1. The molecule has 1 heterocycles. The molecule has 1 amide bonds. The number of ether oxygens (including phenoxy) is 1. The van der Waals surface area contributed by atoms with Gasteiger partial charge in [-0.05, 0) is 32.0 Å². The van der Waals surface area contributed by atoms with Crippen molar-refractivity contribution < 1.29 is 13.9 Å². The summed E-state index contributed by atoms with van der Waals surface area (Å²) < 4.78 is 10.9. The number of carbonyl (C=O) groups excluding carboxylic acids is 1. The third-order valence-corrected chi connectivity index (χ3v) is 2.73. The second-order valence-electron chi connectivity index (χ2n) is 5.30. The van der Waals surface area contributed by atoms with Crippen LogP contribution in [-0.2, 0) is 9.53 Å². The van der Waals surface area contributed by atoms with Gasteiger partial charge in [0.2, 0.25) is 5.91 Å². The first-order valence-electron chi connectivity index (χ1n) is 6.77. The molecule has 0 aliphatic rings. The van der Waals surface area contributed by atoms with E-state index in [-0.39, 0.29) is 24.5 Å². The summed E-state index contributed by atoms with van der Waals surface area (Å²) in [6.45, 7) is 7.88. The van der Waals surface area contributed by atoms with Crippen molar-refractivity contribution in [3.63, 3.8) is 0 Å². The molecule has 1 aromatic heterocycles. The highest BCUT2D eigenvalue weighted by Crippen LogP contribution is 2.23. The Labute approximate surface area is 118 Å². The van der Waals surface area contributed by atoms with Crippen LogP contribution in [0, 0.1) is 0 Å². The molecule has 0 spiro atoms. The molecule has 5 nitrogen and oxygen atoms in total. The number of aromatic nitrogens is 1. The first-order chi connectivity index (χ1) is 9.45. The quantitative estimate of drug-likeness (QED) is 0.910. The number of rotatable bonds is 5. The molecule has 108 valence electrons. The largest absolute Gasteiger partial charge is 0.440 e. The summed E-state index contributed by atoms with van der Waals surface area (Å²) in [5, 5.41) is 2.78. The molecule has 20 heavy (non-hydrogen) atoms. The number of hydrogen-bond acceptors (Lipinski definition) is 4. The van der Waals surface area contributed by atoms with Gasteiger partial charge in [0.25, 0.3) is 0 Å². The molecule has 0 radical (unpaired) electrons. The van der Waals surface area contributed by atoms with Crippen molar-refractivity contribution in [1.29, 1.82) is 0 Å². The van der Waals surface area contributed by atoms with E-state index in [1.54, 1.807) is 12.1 Å². The van der Waals surface area contributed by atoms with Gasteiger partial charge in [-0.25, -0.2) is 4.98 Å². The van der Waals surface area contributed by atoms with Crippen molar-refractivity contribution >= 4 is 22.7 Å². The second-order valence-corrected chi connectivity index (χ2v) is 5.30. The van der Waals surface area contributed by atoms with E-state index >= 15 is 0 Å². The SMILES string of the molecule is CC(C)OCC(=O)Nc1ccc2oc(C(C)C)nc2c1. The van der Waals surface area contributed by atoms with Crippen molar-refractivity contribution in [3.05, 3.63) is 24.1 Å². The maximum absolute atomic E-state index is 11.7. The summed E-state index contributed by atoms with van der Waals surface area (Å²) in [4.78, 5) is 16.1. The monoisotopic (exact) mass is 276 g/mol. The van der Waals surface area contributed by atoms with Crippen LogP contribution >= 0.6 is 0 Å². The van der Waals surface area contributed by atoms with E-state index in [1.165, 1.54) is 0 Å². The van der Waals surface area contributed by atoms with E-state index in [1.807, 2.05) is 33.8 Å². The third kappa shape index (κ3) is 3.57. The van der Waals surface area contributed by atoms with Crippen LogP contribution in [-0.4, -0.2) is 23.6 Å². The highest BCUT2D eigenvalue weighted by molar-refractivity contribution is 5.93. The summed E-state index contributed by atoms with van der Waals surface area (Å²) in [5.41, 5.74) is 2.17. The van der Waals surface area contributed by atoms with Gasteiger partial charge in [-0.2, -0.15) is 0 Å². The Kier molecular flexibility index (Phi) is 4.39. The lowest BCUT2D eigenvalue weighted by atomic mass is 10.2. The van der Waals surface area contributed by atoms with E-state index in [9.17, 15) is 4.79 Å². The van der Waals surface area contributed by atoms with E-state index < -0.39 is 0 Å². The Hall–Kier alpha value is -1.88. The predicted octanol–water partition coefficient (Wildman–Crippen LogP) is 3.31. The van der Waals surface area contributed by atoms with Crippen LogP contribution in [0.25, 0.3) is 11.1 Å². The van der Waals surface area contributed by atoms with Gasteiger partial charge in [-0.15, -0.1) is 0 Å². The number of fused-ring (bicyclic) bond motifs is 1. The summed E-state index contributed by atoms with van der Waals surface area (Å²) in [6.07, 6.45) is 0.0346. The predicted molar refractivity (Wildman–Crippen MR) is 77.8 cm³/mol. The average Bonchev–Trinajstić information content (AvgIpc) is 2.79. The first kappa shape index (κ1) is 14.5. The van der Waals surface area contributed by atoms with E-state index in [0.29, 0.717) is 11.6 Å². The zero-order valence-electron chi connectivity index (χ0n) is 12.3. The van der Waals surface area contributed by atoms with Gasteiger partial charge in [0.1, 0.15) is 12.1 Å². The molecule has 1 N–H and O–H groups in total. The smallest absolute Gasteiger partial charge is 0.250 e. The number of nitrogens with zero attached hydrogens (tertiary/aromatic N) is 1. The normalized spacial score (nSPS) is 11.5. The number of benzene rings is 1. The number of oxazole rings is 1. The molecule has 0 bridgehead atoms. The van der Waals surface area contributed by atoms with Crippen LogP contribution in [0.3, 0.4) is 0 Å². The minimum absolute atomic E-state index is 0.0346. The average molecular weight is 276 g/mol. The molecule has 0 unspecified atom stereocenters. The maximum Gasteiger partial charge on any atom is 0.250 e. The molecule has 5 heteroatoms. The van der Waals surface area contributed by atoms with Gasteiger partial charge in [0.15, 0.2) is 11.5 Å². The zero-order chi connectivity index (χ0) is 14.7. The molecule has 0 atom stereocenters. The topological polar surface area (TPSA) is 64.4 Å². The van der Waals surface area contributed by atoms with Gasteiger partial charge in [-0.1, -0.05) is 13.8 Å². The van der Waals surface area contributed by atoms with Crippen LogP contribution in [0.5, 0.6) is 0 Å². The van der Waals surface area contributed by atoms with Crippen LogP contribution in [0.1, 0.15) is 39.5 Å². The van der Waals surface area contributed by atoms with Gasteiger partial charge in [-0.3, -0.25) is 4.79 Å². The Bertz CT molecular complexity index is 602. The second kappa shape index (κ2) is 6.05. The number of nitrogens with one attached hydrogen (secondary N) is 1. The molecule has 1 aromatic carbocycles. The minimum atomic E-state index is -0.175. The van der Waals surface area contributed by atoms with Crippen molar-refractivity contribution in [2.45, 2.75) is 39.7 Å². The van der Waals surface area contributed by atoms with E-state index in [0.717, 1.165) is 11.1 Å². The van der Waals surface area contributed by atoms with Crippen molar-refractivity contribution in [2.75, 3.05) is 11.9 Å². The van der Waals surface area contributed by atoms with E-state index in [4.69, 9.17) is 9.15 Å². The Morgan fingerprint density at radius 2 is 2.10 bits per heavy atom. The summed E-state index contributed by atoms with van der Waals surface area (Å²) in [6, 6.07) is 5.41. The number of hydrogen-bond donors (Lipinski definition) is 1. The lowest BCUT2D eigenvalue weighted by molar-refractivity contribution is -0.121. The van der Waals surface area contributed by atoms with Gasteiger partial charge in [0.05, 0.1) is 6.10 Å². The van der Waals surface area contributed by atoms with Crippen LogP contribution in [0.2, 0.25) is 0 Å². The van der Waals surface area contributed by atoms with Gasteiger partial charge in [0, 0.05) is 11.6 Å². The van der Waals surface area contributed by atoms with Gasteiger partial charge < -0.3 is 14.5 Å².